The van der Waals surface area contributed by atoms with E-state index in [1.807, 2.05) is 0 Å². The fraction of sp³-hybridized carbons (Fsp3) is 0.714. The summed E-state index contributed by atoms with van der Waals surface area (Å²) >= 11 is 0. The van der Waals surface area contributed by atoms with Crippen LogP contribution < -0.4 is 10.4 Å². The van der Waals surface area contributed by atoms with Gasteiger partial charge in [0.25, 0.3) is 0 Å². The maximum absolute atomic E-state index is 10.3. The van der Waals surface area contributed by atoms with E-state index in [9.17, 15) is 14.7 Å². The van der Waals surface area contributed by atoms with Crippen LogP contribution in [0, 0.1) is 0 Å². The molecule has 0 aliphatic heterocycles. The van der Waals surface area contributed by atoms with Crippen molar-refractivity contribution in [3.8, 4) is 0 Å². The van der Waals surface area contributed by atoms with Crippen molar-refractivity contribution in [2.75, 3.05) is 6.54 Å². The van der Waals surface area contributed by atoms with Crippen LogP contribution in [0.15, 0.2) is 0 Å². The molecule has 0 atom stereocenters. The molecule has 0 aliphatic rings. The highest BCUT2D eigenvalue weighted by atomic mass is 16.4. The van der Waals surface area contributed by atoms with E-state index in [0.29, 0.717) is 19.4 Å². The zero-order chi connectivity index (χ0) is 8.69. The van der Waals surface area contributed by atoms with E-state index in [1.54, 1.807) is 0 Å². The Morgan fingerprint density at radius 3 is 2.45 bits per heavy atom. The molecule has 0 aliphatic carbocycles. The molecule has 4 nitrogen and oxygen atoms in total. The normalized spacial score (nSPS) is 9.18. The summed E-state index contributed by atoms with van der Waals surface area (Å²) in [5, 5.41) is 12.5. The minimum atomic E-state index is -1.03. The summed E-state index contributed by atoms with van der Waals surface area (Å²) in [7, 11) is 0. The van der Waals surface area contributed by atoms with Gasteiger partial charge in [0.2, 0.25) is 5.91 Å². The van der Waals surface area contributed by atoms with Gasteiger partial charge in [0, 0.05) is 19.4 Å². The SMILES string of the molecule is CC(=O)NCCCCC(=O)[O-]. The first kappa shape index (κ1) is 9.94. The van der Waals surface area contributed by atoms with Crippen molar-refractivity contribution in [2.24, 2.45) is 0 Å². The third-order valence-electron chi connectivity index (χ3n) is 1.18. The molecule has 0 aromatic heterocycles. The van der Waals surface area contributed by atoms with Gasteiger partial charge in [0.1, 0.15) is 0 Å². The van der Waals surface area contributed by atoms with E-state index in [1.165, 1.54) is 6.92 Å². The topological polar surface area (TPSA) is 69.2 Å². The number of carboxylic acids is 1. The Morgan fingerprint density at radius 1 is 1.36 bits per heavy atom. The Labute approximate surface area is 65.6 Å². The first-order chi connectivity index (χ1) is 5.13. The van der Waals surface area contributed by atoms with Gasteiger partial charge in [-0.2, -0.15) is 0 Å². The summed E-state index contributed by atoms with van der Waals surface area (Å²) in [6.07, 6.45) is 1.32. The smallest absolute Gasteiger partial charge is 0.216 e. The molecule has 0 radical (unpaired) electrons. The number of unbranched alkanes of at least 4 members (excludes halogenated alkanes) is 1. The van der Waals surface area contributed by atoms with Gasteiger partial charge in [-0.15, -0.1) is 0 Å². The molecule has 0 bridgehead atoms. The number of hydrogen-bond donors (Lipinski definition) is 1. The summed E-state index contributed by atoms with van der Waals surface area (Å²) < 4.78 is 0. The van der Waals surface area contributed by atoms with Crippen LogP contribution in [0.1, 0.15) is 26.2 Å². The Kier molecular flexibility index (Phi) is 5.15. The molecule has 0 rings (SSSR count). The number of carbonyl (C=O) groups excluding carboxylic acids is 2. The van der Waals surface area contributed by atoms with Crippen LogP contribution in [0.5, 0.6) is 0 Å². The van der Waals surface area contributed by atoms with Gasteiger partial charge < -0.3 is 15.2 Å². The average Bonchev–Trinajstić information content (AvgIpc) is 1.85. The monoisotopic (exact) mass is 158 g/mol. The van der Waals surface area contributed by atoms with Gasteiger partial charge in [-0.25, -0.2) is 0 Å². The first-order valence-corrected chi connectivity index (χ1v) is 3.57. The lowest BCUT2D eigenvalue weighted by Crippen LogP contribution is -2.23. The van der Waals surface area contributed by atoms with Gasteiger partial charge in [-0.3, -0.25) is 4.79 Å². The van der Waals surface area contributed by atoms with E-state index in [2.05, 4.69) is 5.32 Å². The van der Waals surface area contributed by atoms with Crippen molar-refractivity contribution in [3.05, 3.63) is 0 Å². The van der Waals surface area contributed by atoms with Crippen molar-refractivity contribution in [1.29, 1.82) is 0 Å². The summed E-state index contributed by atoms with van der Waals surface area (Å²) in [4.78, 5) is 20.2. The van der Waals surface area contributed by atoms with Crippen LogP contribution in [0.3, 0.4) is 0 Å². The summed E-state index contributed by atoms with van der Waals surface area (Å²) in [5.41, 5.74) is 0. The molecule has 0 saturated carbocycles. The summed E-state index contributed by atoms with van der Waals surface area (Å²) in [6, 6.07) is 0. The lowest BCUT2D eigenvalue weighted by atomic mass is 10.2. The number of nitrogens with one attached hydrogen (secondary N) is 1. The van der Waals surface area contributed by atoms with Gasteiger partial charge in [-0.1, -0.05) is 0 Å². The Hall–Kier alpha value is -1.06. The predicted molar refractivity (Wildman–Crippen MR) is 37.5 cm³/mol. The minimum absolute atomic E-state index is 0.0690. The fourth-order valence-electron chi connectivity index (χ4n) is 0.659. The van der Waals surface area contributed by atoms with Crippen molar-refractivity contribution < 1.29 is 14.7 Å². The number of rotatable bonds is 5. The number of aliphatic carboxylic acids is 1. The van der Waals surface area contributed by atoms with E-state index in [4.69, 9.17) is 0 Å². The molecule has 4 heteroatoms. The number of carbonyl (C=O) groups is 2. The van der Waals surface area contributed by atoms with Crippen molar-refractivity contribution in [2.45, 2.75) is 26.2 Å². The molecule has 64 valence electrons. The summed E-state index contributed by atoms with van der Waals surface area (Å²) in [5.74, 6) is -1.12. The lowest BCUT2D eigenvalue weighted by Gasteiger charge is -2.02. The zero-order valence-electron chi connectivity index (χ0n) is 6.55. The van der Waals surface area contributed by atoms with Gasteiger partial charge in [0.15, 0.2) is 0 Å². The maximum Gasteiger partial charge on any atom is 0.216 e. The highest BCUT2D eigenvalue weighted by molar-refractivity contribution is 5.72. The number of amides is 1. The Balaban J connectivity index is 3.03. The largest absolute Gasteiger partial charge is 0.550 e. The highest BCUT2D eigenvalue weighted by Crippen LogP contribution is 1.91. The highest BCUT2D eigenvalue weighted by Gasteiger charge is 1.90. The third-order valence-corrected chi connectivity index (χ3v) is 1.18. The third kappa shape index (κ3) is 8.94. The van der Waals surface area contributed by atoms with E-state index >= 15 is 0 Å². The first-order valence-electron chi connectivity index (χ1n) is 3.57. The van der Waals surface area contributed by atoms with Crippen molar-refractivity contribution in [3.63, 3.8) is 0 Å². The molecule has 0 aromatic rings. The van der Waals surface area contributed by atoms with Gasteiger partial charge in [-0.05, 0) is 19.3 Å². The van der Waals surface area contributed by atoms with E-state index in [0.717, 1.165) is 0 Å². The molecule has 1 amide bonds. The predicted octanol–water partition coefficient (Wildman–Crippen LogP) is -0.957. The quantitative estimate of drug-likeness (QED) is 0.524. The molecule has 11 heavy (non-hydrogen) atoms. The van der Waals surface area contributed by atoms with Crippen LogP contribution >= 0.6 is 0 Å². The molecule has 0 spiro atoms. The maximum atomic E-state index is 10.3. The molecular formula is C7H12NO3-. The van der Waals surface area contributed by atoms with Crippen molar-refractivity contribution >= 4 is 11.9 Å². The number of hydrogen-bond acceptors (Lipinski definition) is 3. The minimum Gasteiger partial charge on any atom is -0.550 e. The molecule has 0 unspecified atom stereocenters. The molecule has 0 heterocycles. The average molecular weight is 158 g/mol. The zero-order valence-corrected chi connectivity index (χ0v) is 6.55. The second kappa shape index (κ2) is 5.70. The van der Waals surface area contributed by atoms with Gasteiger partial charge >= 0.3 is 0 Å². The van der Waals surface area contributed by atoms with Crippen LogP contribution in [0.2, 0.25) is 0 Å². The van der Waals surface area contributed by atoms with Crippen LogP contribution in [0.4, 0.5) is 0 Å². The Morgan fingerprint density at radius 2 is 2.00 bits per heavy atom. The molecule has 0 aromatic carbocycles. The molecule has 0 saturated heterocycles. The van der Waals surface area contributed by atoms with Crippen molar-refractivity contribution in [1.82, 2.24) is 5.32 Å². The second-order valence-corrected chi connectivity index (χ2v) is 2.31. The summed E-state index contributed by atoms with van der Waals surface area (Å²) in [6.45, 7) is 1.97. The molecule has 1 N–H and O–H groups in total. The Bertz CT molecular complexity index is 129. The van der Waals surface area contributed by atoms with Crippen LogP contribution in [-0.4, -0.2) is 18.4 Å². The van der Waals surface area contributed by atoms with Crippen LogP contribution in [-0.2, 0) is 9.59 Å². The van der Waals surface area contributed by atoms with Crippen LogP contribution in [0.25, 0.3) is 0 Å². The fourth-order valence-corrected chi connectivity index (χ4v) is 0.659. The van der Waals surface area contributed by atoms with E-state index in [-0.39, 0.29) is 12.3 Å². The lowest BCUT2D eigenvalue weighted by molar-refractivity contribution is -0.305. The molecular weight excluding hydrogens is 146 g/mol. The molecule has 0 fully saturated rings. The number of carboxylic acid groups (broad SMARTS) is 1. The van der Waals surface area contributed by atoms with E-state index < -0.39 is 5.97 Å². The second-order valence-electron chi connectivity index (χ2n) is 2.31. The van der Waals surface area contributed by atoms with Gasteiger partial charge in [0.05, 0.1) is 0 Å². The standard InChI is InChI=1S/C7H13NO3/c1-6(9)8-5-3-2-4-7(10)11/h2-5H2,1H3,(H,8,9)(H,10,11)/p-1.